The number of nitrogen functional groups attached to an aromatic ring is 1. The maximum Gasteiger partial charge on any atom is 0.135 e. The highest BCUT2D eigenvalue weighted by Gasteiger charge is 2.27. The van der Waals surface area contributed by atoms with E-state index in [1.54, 1.807) is 0 Å². The van der Waals surface area contributed by atoms with Crippen LogP contribution in [0.1, 0.15) is 25.0 Å². The van der Waals surface area contributed by atoms with Crippen LogP contribution in [-0.2, 0) is 12.0 Å². The lowest BCUT2D eigenvalue weighted by Gasteiger charge is -2.30. The van der Waals surface area contributed by atoms with Crippen LogP contribution in [0.15, 0.2) is 36.7 Å². The smallest absolute Gasteiger partial charge is 0.135 e. The lowest BCUT2D eigenvalue weighted by molar-refractivity contribution is 0.223. The summed E-state index contributed by atoms with van der Waals surface area (Å²) in [7, 11) is 0. The first-order chi connectivity index (χ1) is 9.60. The van der Waals surface area contributed by atoms with Crippen LogP contribution in [0.4, 0.5) is 11.6 Å². The highest BCUT2D eigenvalue weighted by molar-refractivity contribution is 5.56. The summed E-state index contributed by atoms with van der Waals surface area (Å²) in [6.45, 7) is 3.88. The fourth-order valence-electron chi connectivity index (χ4n) is 2.15. The van der Waals surface area contributed by atoms with Crippen LogP contribution in [0.3, 0.4) is 0 Å². The van der Waals surface area contributed by atoms with Crippen molar-refractivity contribution in [3.05, 3.63) is 47.8 Å². The molecule has 0 aliphatic carbocycles. The molecule has 0 saturated heterocycles. The van der Waals surface area contributed by atoms with E-state index >= 15 is 0 Å². The van der Waals surface area contributed by atoms with Gasteiger partial charge in [-0.1, -0.05) is 37.3 Å². The lowest BCUT2D eigenvalue weighted by Crippen LogP contribution is -2.36. The standard InChI is InChI=1S/C15H20N4O/c1-3-12-13(16)17-10-18-14(12)19-15(2,9-20)11-7-5-4-6-8-11/h4-8,10,20H,3,9H2,1-2H3,(H3,16,17,18,19). The molecule has 0 aliphatic rings. The molecule has 1 aromatic heterocycles. The van der Waals surface area contributed by atoms with Crippen LogP contribution >= 0.6 is 0 Å². The molecule has 20 heavy (non-hydrogen) atoms. The summed E-state index contributed by atoms with van der Waals surface area (Å²) in [6, 6.07) is 9.78. The summed E-state index contributed by atoms with van der Waals surface area (Å²) >= 11 is 0. The Morgan fingerprint density at radius 1 is 1.25 bits per heavy atom. The van der Waals surface area contributed by atoms with Crippen LogP contribution < -0.4 is 11.1 Å². The van der Waals surface area contributed by atoms with Crippen LogP contribution in [-0.4, -0.2) is 21.7 Å². The normalized spacial score (nSPS) is 13.8. The number of hydrogen-bond acceptors (Lipinski definition) is 5. The summed E-state index contributed by atoms with van der Waals surface area (Å²) in [5.74, 6) is 1.14. The van der Waals surface area contributed by atoms with Gasteiger partial charge in [-0.15, -0.1) is 0 Å². The van der Waals surface area contributed by atoms with E-state index in [9.17, 15) is 5.11 Å². The van der Waals surface area contributed by atoms with Crippen molar-refractivity contribution < 1.29 is 5.11 Å². The Morgan fingerprint density at radius 2 is 1.95 bits per heavy atom. The Morgan fingerprint density at radius 3 is 2.55 bits per heavy atom. The number of benzene rings is 1. The Labute approximate surface area is 118 Å². The van der Waals surface area contributed by atoms with Crippen molar-refractivity contribution in [1.82, 2.24) is 9.97 Å². The van der Waals surface area contributed by atoms with Gasteiger partial charge in [0.25, 0.3) is 0 Å². The Balaban J connectivity index is 2.38. The average Bonchev–Trinajstić information content (AvgIpc) is 2.48. The fourth-order valence-corrected chi connectivity index (χ4v) is 2.15. The quantitative estimate of drug-likeness (QED) is 0.774. The molecule has 0 spiro atoms. The second kappa shape index (κ2) is 5.88. The summed E-state index contributed by atoms with van der Waals surface area (Å²) in [6.07, 6.45) is 2.16. The molecular formula is C15H20N4O. The number of nitrogens with zero attached hydrogens (tertiary/aromatic N) is 2. The SMILES string of the molecule is CCc1c(N)ncnc1NC(C)(CO)c1ccccc1. The van der Waals surface area contributed by atoms with Crippen molar-refractivity contribution in [2.45, 2.75) is 25.8 Å². The first-order valence-electron chi connectivity index (χ1n) is 6.64. The first-order valence-corrected chi connectivity index (χ1v) is 6.64. The Hall–Kier alpha value is -2.14. The van der Waals surface area contributed by atoms with Gasteiger partial charge < -0.3 is 16.2 Å². The maximum absolute atomic E-state index is 9.80. The van der Waals surface area contributed by atoms with E-state index < -0.39 is 5.54 Å². The molecule has 0 bridgehead atoms. The second-order valence-electron chi connectivity index (χ2n) is 4.92. The van der Waals surface area contributed by atoms with Gasteiger partial charge in [0.05, 0.1) is 12.1 Å². The minimum Gasteiger partial charge on any atom is -0.394 e. The minimum absolute atomic E-state index is 0.0515. The molecule has 2 aromatic rings. The molecule has 1 unspecified atom stereocenters. The molecule has 4 N–H and O–H groups in total. The summed E-state index contributed by atoms with van der Waals surface area (Å²) < 4.78 is 0. The third kappa shape index (κ3) is 2.72. The molecule has 1 atom stereocenters. The van der Waals surface area contributed by atoms with Crippen molar-refractivity contribution in [1.29, 1.82) is 0 Å². The number of hydrogen-bond donors (Lipinski definition) is 3. The molecule has 0 fully saturated rings. The molecule has 2 rings (SSSR count). The molecule has 1 heterocycles. The van der Waals surface area contributed by atoms with E-state index in [2.05, 4.69) is 15.3 Å². The molecule has 0 aliphatic heterocycles. The van der Waals surface area contributed by atoms with Crippen molar-refractivity contribution in [3.63, 3.8) is 0 Å². The van der Waals surface area contributed by atoms with Gasteiger partial charge in [0.2, 0.25) is 0 Å². The third-order valence-electron chi connectivity index (χ3n) is 3.45. The number of rotatable bonds is 5. The number of aromatic nitrogens is 2. The highest BCUT2D eigenvalue weighted by atomic mass is 16.3. The van der Waals surface area contributed by atoms with Crippen molar-refractivity contribution in [3.8, 4) is 0 Å². The minimum atomic E-state index is -0.619. The van der Waals surface area contributed by atoms with E-state index in [4.69, 9.17) is 5.73 Å². The molecule has 106 valence electrons. The summed E-state index contributed by atoms with van der Waals surface area (Å²) in [5.41, 5.74) is 7.11. The van der Waals surface area contributed by atoms with Gasteiger partial charge in [0.15, 0.2) is 0 Å². The van der Waals surface area contributed by atoms with Gasteiger partial charge in [0, 0.05) is 5.56 Å². The Kier molecular flexibility index (Phi) is 4.20. The zero-order chi connectivity index (χ0) is 14.6. The molecule has 1 aromatic carbocycles. The van der Waals surface area contributed by atoms with E-state index in [-0.39, 0.29) is 6.61 Å². The second-order valence-corrected chi connectivity index (χ2v) is 4.92. The maximum atomic E-state index is 9.80. The van der Waals surface area contributed by atoms with Crippen LogP contribution in [0.25, 0.3) is 0 Å². The monoisotopic (exact) mass is 272 g/mol. The molecule has 0 saturated carbocycles. The van der Waals surface area contributed by atoms with Gasteiger partial charge >= 0.3 is 0 Å². The molecule has 0 amide bonds. The van der Waals surface area contributed by atoms with E-state index in [0.29, 0.717) is 11.6 Å². The van der Waals surface area contributed by atoms with Crippen LogP contribution in [0.5, 0.6) is 0 Å². The van der Waals surface area contributed by atoms with Crippen LogP contribution in [0, 0.1) is 0 Å². The van der Waals surface area contributed by atoms with Gasteiger partial charge in [0.1, 0.15) is 18.0 Å². The number of aliphatic hydroxyl groups is 1. The topological polar surface area (TPSA) is 84.1 Å². The number of nitrogens with two attached hydrogens (primary N) is 1. The number of nitrogens with one attached hydrogen (secondary N) is 1. The number of anilines is 2. The molecule has 0 radical (unpaired) electrons. The first kappa shape index (κ1) is 14.3. The van der Waals surface area contributed by atoms with Crippen molar-refractivity contribution >= 4 is 11.6 Å². The lowest BCUT2D eigenvalue weighted by atomic mass is 9.92. The van der Waals surface area contributed by atoms with E-state index in [0.717, 1.165) is 17.5 Å². The predicted octanol–water partition coefficient (Wildman–Crippen LogP) is 1.94. The number of aliphatic hydroxyl groups excluding tert-OH is 1. The summed E-state index contributed by atoms with van der Waals surface area (Å²) in [5, 5.41) is 13.1. The van der Waals surface area contributed by atoms with E-state index in [1.165, 1.54) is 6.33 Å². The molecular weight excluding hydrogens is 252 g/mol. The zero-order valence-corrected chi connectivity index (χ0v) is 11.8. The molecule has 5 nitrogen and oxygen atoms in total. The van der Waals surface area contributed by atoms with Gasteiger partial charge in [-0.25, -0.2) is 9.97 Å². The predicted molar refractivity (Wildman–Crippen MR) is 80.3 cm³/mol. The molecule has 5 heteroatoms. The summed E-state index contributed by atoms with van der Waals surface area (Å²) in [4.78, 5) is 8.26. The highest BCUT2D eigenvalue weighted by Crippen LogP contribution is 2.27. The van der Waals surface area contributed by atoms with Crippen molar-refractivity contribution in [2.24, 2.45) is 0 Å². The average molecular weight is 272 g/mol. The Bertz CT molecular complexity index is 573. The van der Waals surface area contributed by atoms with Gasteiger partial charge in [-0.05, 0) is 18.9 Å². The van der Waals surface area contributed by atoms with Gasteiger partial charge in [-0.2, -0.15) is 0 Å². The fraction of sp³-hybridized carbons (Fsp3) is 0.333. The largest absolute Gasteiger partial charge is 0.394 e. The van der Waals surface area contributed by atoms with Gasteiger partial charge in [-0.3, -0.25) is 0 Å². The zero-order valence-electron chi connectivity index (χ0n) is 11.8. The third-order valence-corrected chi connectivity index (χ3v) is 3.45. The van der Waals surface area contributed by atoms with Crippen molar-refractivity contribution in [2.75, 3.05) is 17.7 Å². The van der Waals surface area contributed by atoms with E-state index in [1.807, 2.05) is 44.2 Å². The van der Waals surface area contributed by atoms with Crippen LogP contribution in [0.2, 0.25) is 0 Å².